The Morgan fingerprint density at radius 3 is 2.88 bits per heavy atom. The molecule has 0 radical (unpaired) electrons. The number of alkyl carbamates (subject to hydrolysis) is 1. The fourth-order valence-electron chi connectivity index (χ4n) is 4.47. The van der Waals surface area contributed by atoms with Gasteiger partial charge in [0.1, 0.15) is 11.8 Å². The van der Waals surface area contributed by atoms with Crippen LogP contribution in [0.15, 0.2) is 12.3 Å². The van der Waals surface area contributed by atoms with Gasteiger partial charge in [-0.1, -0.05) is 0 Å². The number of carbonyl (C=O) groups is 2. The molecule has 34 heavy (non-hydrogen) atoms. The van der Waals surface area contributed by atoms with Crippen molar-refractivity contribution in [2.75, 3.05) is 18.5 Å². The second kappa shape index (κ2) is 9.28. The van der Waals surface area contributed by atoms with Crippen LogP contribution in [0.4, 0.5) is 23.8 Å². The van der Waals surface area contributed by atoms with Gasteiger partial charge in [0.25, 0.3) is 0 Å². The SMILES string of the molecule is Cn1ncc(CC(=O)Nc2cc([C@H]3CC[C@@H](OC(=O)NC4(C)CCOC4)C3)[nH]n2)c1C(F)(F)F. The second-order valence-electron chi connectivity index (χ2n) is 9.10. The molecule has 10 nitrogen and oxygen atoms in total. The molecule has 13 heteroatoms. The Labute approximate surface area is 193 Å². The van der Waals surface area contributed by atoms with E-state index in [1.54, 1.807) is 6.07 Å². The highest BCUT2D eigenvalue weighted by Gasteiger charge is 2.38. The molecule has 4 rings (SSSR count). The number of aromatic nitrogens is 4. The number of rotatable bonds is 6. The molecule has 2 aliphatic rings. The Kier molecular flexibility index (Phi) is 6.56. The maximum atomic E-state index is 13.2. The van der Waals surface area contributed by atoms with Crippen molar-refractivity contribution in [3.63, 3.8) is 0 Å². The van der Waals surface area contributed by atoms with Gasteiger partial charge in [-0.3, -0.25) is 14.6 Å². The highest BCUT2D eigenvalue weighted by atomic mass is 19.4. The van der Waals surface area contributed by atoms with Gasteiger partial charge in [-0.25, -0.2) is 4.79 Å². The van der Waals surface area contributed by atoms with E-state index in [1.807, 2.05) is 6.92 Å². The molecule has 3 N–H and O–H groups in total. The van der Waals surface area contributed by atoms with Gasteiger partial charge in [-0.2, -0.15) is 23.4 Å². The number of ether oxygens (including phenoxy) is 2. The highest BCUT2D eigenvalue weighted by molar-refractivity contribution is 5.91. The summed E-state index contributed by atoms with van der Waals surface area (Å²) in [6.45, 7) is 2.97. The molecule has 3 heterocycles. The Morgan fingerprint density at radius 1 is 1.38 bits per heavy atom. The monoisotopic (exact) mass is 484 g/mol. The summed E-state index contributed by atoms with van der Waals surface area (Å²) in [6, 6.07) is 1.65. The van der Waals surface area contributed by atoms with Crippen LogP contribution in [0.3, 0.4) is 0 Å². The van der Waals surface area contributed by atoms with E-state index in [1.165, 1.54) is 7.05 Å². The lowest BCUT2D eigenvalue weighted by molar-refractivity contribution is -0.144. The average molecular weight is 484 g/mol. The van der Waals surface area contributed by atoms with Gasteiger partial charge in [0, 0.05) is 36.9 Å². The van der Waals surface area contributed by atoms with E-state index in [4.69, 9.17) is 9.47 Å². The molecular weight excluding hydrogens is 457 g/mol. The molecule has 0 aromatic carbocycles. The summed E-state index contributed by atoms with van der Waals surface area (Å²) >= 11 is 0. The first-order valence-corrected chi connectivity index (χ1v) is 11.0. The van der Waals surface area contributed by atoms with E-state index >= 15 is 0 Å². The quantitative estimate of drug-likeness (QED) is 0.580. The molecule has 1 unspecified atom stereocenters. The number of aromatic amines is 1. The molecule has 0 bridgehead atoms. The molecule has 186 valence electrons. The van der Waals surface area contributed by atoms with E-state index in [0.717, 1.165) is 24.7 Å². The molecular formula is C21H27F3N6O4. The van der Waals surface area contributed by atoms with E-state index in [0.29, 0.717) is 30.7 Å². The number of nitrogens with zero attached hydrogens (tertiary/aromatic N) is 3. The first kappa shape index (κ1) is 24.0. The van der Waals surface area contributed by atoms with Crippen molar-refractivity contribution in [3.05, 3.63) is 29.2 Å². The van der Waals surface area contributed by atoms with Crippen LogP contribution >= 0.6 is 0 Å². The maximum Gasteiger partial charge on any atom is 0.433 e. The van der Waals surface area contributed by atoms with Crippen LogP contribution < -0.4 is 10.6 Å². The fraction of sp³-hybridized carbons (Fsp3) is 0.619. The Morgan fingerprint density at radius 2 is 2.18 bits per heavy atom. The zero-order valence-electron chi connectivity index (χ0n) is 18.9. The van der Waals surface area contributed by atoms with Crippen LogP contribution in [0.2, 0.25) is 0 Å². The van der Waals surface area contributed by atoms with Crippen LogP contribution in [-0.2, 0) is 33.9 Å². The van der Waals surface area contributed by atoms with Crippen LogP contribution in [-0.4, -0.2) is 56.8 Å². The summed E-state index contributed by atoms with van der Waals surface area (Å²) in [5.74, 6) is -0.365. The van der Waals surface area contributed by atoms with E-state index < -0.39 is 35.8 Å². The van der Waals surface area contributed by atoms with Gasteiger partial charge < -0.3 is 20.1 Å². The molecule has 2 amide bonds. The van der Waals surface area contributed by atoms with Crippen molar-refractivity contribution >= 4 is 17.8 Å². The second-order valence-corrected chi connectivity index (χ2v) is 9.10. The van der Waals surface area contributed by atoms with Crippen LogP contribution in [0, 0.1) is 0 Å². The van der Waals surface area contributed by atoms with Gasteiger partial charge in [-0.05, 0) is 32.6 Å². The minimum absolute atomic E-state index is 0.0523. The van der Waals surface area contributed by atoms with Crippen molar-refractivity contribution in [2.45, 2.75) is 62.8 Å². The maximum absolute atomic E-state index is 13.2. The average Bonchev–Trinajstić information content (AvgIpc) is 3.50. The lowest BCUT2D eigenvalue weighted by Crippen LogP contribution is -2.47. The summed E-state index contributed by atoms with van der Waals surface area (Å²) < 4.78 is 51.1. The molecule has 1 aliphatic carbocycles. The zero-order chi connectivity index (χ0) is 24.5. The Balaban J connectivity index is 1.28. The largest absolute Gasteiger partial charge is 0.446 e. The number of anilines is 1. The van der Waals surface area contributed by atoms with Gasteiger partial charge >= 0.3 is 12.3 Å². The first-order chi connectivity index (χ1) is 16.0. The van der Waals surface area contributed by atoms with Gasteiger partial charge in [0.05, 0.1) is 24.8 Å². The molecule has 2 fully saturated rings. The van der Waals surface area contributed by atoms with Crippen molar-refractivity contribution < 1.29 is 32.2 Å². The van der Waals surface area contributed by atoms with Gasteiger partial charge in [0.15, 0.2) is 5.82 Å². The van der Waals surface area contributed by atoms with Crippen LogP contribution in [0.5, 0.6) is 0 Å². The van der Waals surface area contributed by atoms with E-state index in [9.17, 15) is 22.8 Å². The number of aryl methyl sites for hydroxylation is 1. The standard InChI is InChI=1S/C21H27F3N6O4/c1-20(5-6-33-11-20)27-19(32)34-14-4-3-12(7-14)15-9-16(29-28-15)26-17(31)8-13-10-25-30(2)18(13)21(22,23)24/h9-10,12,14H,3-8,11H2,1-2H3,(H,27,32)(H2,26,28,29,31)/t12-,14+,20?/m0/s1. The normalized spacial score (nSPS) is 24.9. The van der Waals surface area contributed by atoms with Gasteiger partial charge in [-0.15, -0.1) is 0 Å². The third-order valence-electron chi connectivity index (χ3n) is 6.22. The molecule has 1 aliphatic heterocycles. The van der Waals surface area contributed by atoms with E-state index in [2.05, 4.69) is 25.9 Å². The minimum atomic E-state index is -4.61. The smallest absolute Gasteiger partial charge is 0.433 e. The third-order valence-corrected chi connectivity index (χ3v) is 6.22. The molecule has 1 saturated carbocycles. The number of halogens is 3. The lowest BCUT2D eigenvalue weighted by atomic mass is 10.0. The predicted molar refractivity (Wildman–Crippen MR) is 113 cm³/mol. The van der Waals surface area contributed by atoms with Crippen LogP contribution in [0.1, 0.15) is 55.5 Å². The fourth-order valence-corrected chi connectivity index (χ4v) is 4.47. The van der Waals surface area contributed by atoms with Crippen molar-refractivity contribution in [2.24, 2.45) is 7.05 Å². The highest BCUT2D eigenvalue weighted by Crippen LogP contribution is 2.36. The summed E-state index contributed by atoms with van der Waals surface area (Å²) in [4.78, 5) is 24.5. The zero-order valence-corrected chi connectivity index (χ0v) is 18.9. The number of carbonyl (C=O) groups excluding carboxylic acids is 2. The summed E-state index contributed by atoms with van der Waals surface area (Å²) in [5, 5.41) is 15.9. The Bertz CT molecular complexity index is 1040. The van der Waals surface area contributed by atoms with E-state index in [-0.39, 0.29) is 23.4 Å². The molecule has 2 aromatic rings. The summed E-state index contributed by atoms with van der Waals surface area (Å²) in [5.41, 5.74) is -0.825. The number of amides is 2. The van der Waals surface area contributed by atoms with Gasteiger partial charge in [0.2, 0.25) is 5.91 Å². The lowest BCUT2D eigenvalue weighted by Gasteiger charge is -2.24. The van der Waals surface area contributed by atoms with Crippen molar-refractivity contribution in [1.29, 1.82) is 0 Å². The molecule has 0 spiro atoms. The summed E-state index contributed by atoms with van der Waals surface area (Å²) in [7, 11) is 1.18. The van der Waals surface area contributed by atoms with Crippen molar-refractivity contribution in [3.8, 4) is 0 Å². The number of H-pyrrole nitrogens is 1. The summed E-state index contributed by atoms with van der Waals surface area (Å²) in [6.07, 6.45) is -1.99. The molecule has 3 atom stereocenters. The molecule has 1 saturated heterocycles. The molecule has 2 aromatic heterocycles. The predicted octanol–water partition coefficient (Wildman–Crippen LogP) is 2.88. The number of alkyl halides is 3. The number of hydrogen-bond donors (Lipinski definition) is 3. The van der Waals surface area contributed by atoms with Crippen LogP contribution in [0.25, 0.3) is 0 Å². The minimum Gasteiger partial charge on any atom is -0.446 e. The Hall–Kier alpha value is -3.09. The first-order valence-electron chi connectivity index (χ1n) is 11.0. The number of hydrogen-bond acceptors (Lipinski definition) is 6. The third kappa shape index (κ3) is 5.51. The topological polar surface area (TPSA) is 123 Å². The van der Waals surface area contributed by atoms with Crippen molar-refractivity contribution in [1.82, 2.24) is 25.3 Å². The number of nitrogens with one attached hydrogen (secondary N) is 3.